The summed E-state index contributed by atoms with van der Waals surface area (Å²) in [5.74, 6) is 0.551. The molecular weight excluding hydrogens is 403 g/mol. The van der Waals surface area contributed by atoms with Crippen LogP contribution in [0.4, 0.5) is 0 Å². The van der Waals surface area contributed by atoms with Gasteiger partial charge < -0.3 is 14.8 Å². The first-order valence-corrected chi connectivity index (χ1v) is 9.69. The highest BCUT2D eigenvalue weighted by Crippen LogP contribution is 2.35. The van der Waals surface area contributed by atoms with E-state index in [9.17, 15) is 0 Å². The van der Waals surface area contributed by atoms with Crippen molar-refractivity contribution in [2.75, 3.05) is 20.8 Å². The number of halogens is 2. The highest BCUT2D eigenvalue weighted by Gasteiger charge is 2.18. The van der Waals surface area contributed by atoms with Crippen molar-refractivity contribution in [3.63, 3.8) is 0 Å². The minimum absolute atomic E-state index is 0.272. The molecule has 1 N–H and O–H groups in total. The van der Waals surface area contributed by atoms with Crippen molar-refractivity contribution in [1.82, 2.24) is 30.3 Å². The zero-order valence-electron chi connectivity index (χ0n) is 16.0. The van der Waals surface area contributed by atoms with Crippen LogP contribution in [0.1, 0.15) is 31.0 Å². The number of rotatable bonds is 9. The van der Waals surface area contributed by atoms with E-state index in [1.165, 1.54) is 14.2 Å². The van der Waals surface area contributed by atoms with Crippen LogP contribution < -0.4 is 14.8 Å². The van der Waals surface area contributed by atoms with E-state index >= 15 is 0 Å². The van der Waals surface area contributed by atoms with Crippen molar-refractivity contribution in [2.24, 2.45) is 0 Å². The second-order valence-electron chi connectivity index (χ2n) is 6.20. The molecule has 1 aromatic carbocycles. The minimum atomic E-state index is 0.272. The molecule has 0 atom stereocenters. The summed E-state index contributed by atoms with van der Waals surface area (Å²) >= 11 is 12.8. The average Bonchev–Trinajstić information content (AvgIpc) is 3.15. The number of ether oxygens (including phenoxy) is 2. The van der Waals surface area contributed by atoms with Gasteiger partial charge in [0, 0.05) is 12.1 Å². The molecule has 0 saturated carbocycles. The summed E-state index contributed by atoms with van der Waals surface area (Å²) in [7, 11) is 3.01. The highest BCUT2D eigenvalue weighted by atomic mass is 35.5. The van der Waals surface area contributed by atoms with Crippen LogP contribution in [0.3, 0.4) is 0 Å². The number of nitrogens with one attached hydrogen (secondary N) is 1. The van der Waals surface area contributed by atoms with E-state index in [-0.39, 0.29) is 11.8 Å². The lowest BCUT2D eigenvalue weighted by atomic mass is 10.1. The van der Waals surface area contributed by atoms with Crippen molar-refractivity contribution >= 4 is 34.2 Å². The van der Waals surface area contributed by atoms with Gasteiger partial charge in [-0.15, -0.1) is 5.10 Å². The van der Waals surface area contributed by atoms with Gasteiger partial charge in [-0.3, -0.25) is 0 Å². The lowest BCUT2D eigenvalue weighted by Gasteiger charge is -2.12. The SMILES string of the molecule is CCCCNCc1cn(Cc2c(Cl)c(Cl)cc3nc(OC)c(OC)nc23)nn1. The van der Waals surface area contributed by atoms with Gasteiger partial charge in [0.1, 0.15) is 0 Å². The van der Waals surface area contributed by atoms with Crippen LogP contribution in [0.2, 0.25) is 10.0 Å². The molecule has 0 aliphatic rings. The Morgan fingerprint density at radius 3 is 2.61 bits per heavy atom. The molecule has 3 aromatic rings. The van der Waals surface area contributed by atoms with Gasteiger partial charge in [0.25, 0.3) is 11.8 Å². The molecule has 0 unspecified atom stereocenters. The Bertz CT molecular complexity index is 963. The normalized spacial score (nSPS) is 11.2. The third kappa shape index (κ3) is 4.45. The van der Waals surface area contributed by atoms with Crippen LogP contribution >= 0.6 is 23.2 Å². The Morgan fingerprint density at radius 2 is 1.89 bits per heavy atom. The fraction of sp³-hybridized carbons (Fsp3) is 0.444. The number of aromatic nitrogens is 5. The molecule has 0 aliphatic heterocycles. The van der Waals surface area contributed by atoms with Gasteiger partial charge >= 0.3 is 0 Å². The Morgan fingerprint density at radius 1 is 1.14 bits per heavy atom. The highest BCUT2D eigenvalue weighted by molar-refractivity contribution is 6.43. The summed E-state index contributed by atoms with van der Waals surface area (Å²) in [4.78, 5) is 8.94. The van der Waals surface area contributed by atoms with E-state index in [1.807, 2.05) is 6.20 Å². The maximum absolute atomic E-state index is 6.47. The van der Waals surface area contributed by atoms with Gasteiger partial charge in [0.15, 0.2) is 0 Å². The molecule has 28 heavy (non-hydrogen) atoms. The molecule has 0 aliphatic carbocycles. The molecule has 150 valence electrons. The second kappa shape index (κ2) is 9.36. The van der Waals surface area contributed by atoms with Crippen molar-refractivity contribution in [2.45, 2.75) is 32.9 Å². The molecule has 0 spiro atoms. The van der Waals surface area contributed by atoms with Crippen molar-refractivity contribution < 1.29 is 9.47 Å². The van der Waals surface area contributed by atoms with E-state index in [1.54, 1.807) is 10.7 Å². The topological polar surface area (TPSA) is 87.0 Å². The lowest BCUT2D eigenvalue weighted by Crippen LogP contribution is -2.14. The quantitative estimate of drug-likeness (QED) is 0.525. The number of methoxy groups -OCH3 is 2. The first kappa shape index (κ1) is 20.6. The van der Waals surface area contributed by atoms with Gasteiger partial charge in [-0.05, 0) is 19.0 Å². The summed E-state index contributed by atoms with van der Waals surface area (Å²) in [6, 6.07) is 1.65. The Hall–Kier alpha value is -2.16. The van der Waals surface area contributed by atoms with Gasteiger partial charge in [-0.2, -0.15) is 0 Å². The zero-order valence-corrected chi connectivity index (χ0v) is 17.5. The average molecular weight is 425 g/mol. The minimum Gasteiger partial charge on any atom is -0.477 e. The summed E-state index contributed by atoms with van der Waals surface area (Å²) in [6.45, 7) is 4.12. The molecule has 0 amide bonds. The van der Waals surface area contributed by atoms with Crippen molar-refractivity contribution in [3.05, 3.63) is 33.6 Å². The standard InChI is InChI=1S/C18H22Cl2N6O2/c1-4-5-6-21-8-11-9-26(25-24-11)10-12-15(20)13(19)7-14-16(12)23-18(28-3)17(22-14)27-2/h7,9,21H,4-6,8,10H2,1-3H3. The van der Waals surface area contributed by atoms with E-state index in [4.69, 9.17) is 32.7 Å². The van der Waals surface area contributed by atoms with Crippen molar-refractivity contribution in [3.8, 4) is 11.8 Å². The molecule has 10 heteroatoms. The zero-order chi connectivity index (χ0) is 20.1. The van der Waals surface area contributed by atoms with Crippen LogP contribution in [-0.4, -0.2) is 45.7 Å². The van der Waals surface area contributed by atoms with E-state index in [0.717, 1.165) is 25.1 Å². The summed E-state index contributed by atoms with van der Waals surface area (Å²) in [5.41, 5.74) is 2.67. The van der Waals surface area contributed by atoms with Crippen LogP contribution in [0.15, 0.2) is 12.3 Å². The molecule has 3 rings (SSSR count). The largest absolute Gasteiger partial charge is 0.477 e. The van der Waals surface area contributed by atoms with E-state index < -0.39 is 0 Å². The maximum atomic E-state index is 6.47. The lowest BCUT2D eigenvalue weighted by molar-refractivity contribution is 0.334. The fourth-order valence-corrected chi connectivity index (χ4v) is 3.18. The molecule has 0 saturated heterocycles. The second-order valence-corrected chi connectivity index (χ2v) is 6.98. The Kier molecular flexibility index (Phi) is 6.88. The number of hydrogen-bond donors (Lipinski definition) is 1. The smallest absolute Gasteiger partial charge is 0.278 e. The van der Waals surface area contributed by atoms with Crippen LogP contribution in [0, 0.1) is 0 Å². The van der Waals surface area contributed by atoms with Crippen LogP contribution in [-0.2, 0) is 13.1 Å². The number of unbranched alkanes of at least 4 members (excludes halogenated alkanes) is 1. The molecule has 0 fully saturated rings. The molecule has 2 heterocycles. The monoisotopic (exact) mass is 424 g/mol. The van der Waals surface area contributed by atoms with Crippen LogP contribution in [0.25, 0.3) is 11.0 Å². The Balaban J connectivity index is 1.92. The first-order chi connectivity index (χ1) is 13.6. The summed E-state index contributed by atoms with van der Waals surface area (Å²) in [6.07, 6.45) is 4.15. The predicted molar refractivity (Wildman–Crippen MR) is 108 cm³/mol. The summed E-state index contributed by atoms with van der Waals surface area (Å²) in [5, 5.41) is 12.5. The maximum Gasteiger partial charge on any atom is 0.278 e. The molecular formula is C18H22Cl2N6O2. The van der Waals surface area contributed by atoms with E-state index in [2.05, 4.69) is 32.5 Å². The van der Waals surface area contributed by atoms with Gasteiger partial charge in [-0.1, -0.05) is 41.8 Å². The van der Waals surface area contributed by atoms with Gasteiger partial charge in [0.2, 0.25) is 0 Å². The predicted octanol–water partition coefficient (Wildman–Crippen LogP) is 3.48. The molecule has 0 bridgehead atoms. The third-order valence-electron chi connectivity index (χ3n) is 4.19. The third-order valence-corrected chi connectivity index (χ3v) is 5.02. The fourth-order valence-electron chi connectivity index (χ4n) is 2.76. The number of hydrogen-bond acceptors (Lipinski definition) is 7. The van der Waals surface area contributed by atoms with Crippen LogP contribution in [0.5, 0.6) is 11.8 Å². The molecule has 2 aromatic heterocycles. The van der Waals surface area contributed by atoms with Gasteiger partial charge in [0.05, 0.1) is 53.7 Å². The molecule has 8 nitrogen and oxygen atoms in total. The first-order valence-electron chi connectivity index (χ1n) is 8.93. The number of nitrogens with zero attached hydrogens (tertiary/aromatic N) is 5. The molecule has 0 radical (unpaired) electrons. The number of fused-ring (bicyclic) bond motifs is 1. The van der Waals surface area contributed by atoms with Crippen molar-refractivity contribution in [1.29, 1.82) is 0 Å². The van der Waals surface area contributed by atoms with E-state index in [0.29, 0.717) is 39.7 Å². The summed E-state index contributed by atoms with van der Waals surface area (Å²) < 4.78 is 12.2. The number of benzene rings is 1. The van der Waals surface area contributed by atoms with Gasteiger partial charge in [-0.25, -0.2) is 14.6 Å². The Labute approximate surface area is 173 Å².